The second kappa shape index (κ2) is 54.6. The van der Waals surface area contributed by atoms with Crippen LogP contribution in [0.15, 0.2) is 24.3 Å². The second-order valence-corrected chi connectivity index (χ2v) is 23.1. The molecule has 0 radical (unpaired) electrons. The van der Waals surface area contributed by atoms with Gasteiger partial charge in [-0.25, -0.2) is 0 Å². The van der Waals surface area contributed by atoms with Crippen molar-refractivity contribution < 1.29 is 44.9 Å². The zero-order valence-corrected chi connectivity index (χ0v) is 49.2. The third kappa shape index (κ3) is 43.2. The van der Waals surface area contributed by atoms with E-state index >= 15 is 0 Å². The highest BCUT2D eigenvalue weighted by Crippen LogP contribution is 2.24. The van der Waals surface area contributed by atoms with Crippen molar-refractivity contribution in [3.05, 3.63) is 24.3 Å². The number of amides is 1. The lowest BCUT2D eigenvalue weighted by Crippen LogP contribution is -2.60. The Morgan fingerprint density at radius 3 is 1.15 bits per heavy atom. The van der Waals surface area contributed by atoms with E-state index in [-0.39, 0.29) is 6.61 Å². The highest BCUT2D eigenvalue weighted by Gasteiger charge is 2.44. The number of rotatable bonds is 57. The van der Waals surface area contributed by atoms with Gasteiger partial charge in [0.25, 0.3) is 0 Å². The summed E-state index contributed by atoms with van der Waals surface area (Å²) < 4.78 is 11.2. The number of hydrogen-bond acceptors (Lipinski definition) is 9. The molecule has 1 fully saturated rings. The molecule has 1 heterocycles. The average molecular weight is 1060 g/mol. The Kier molecular flexibility index (Phi) is 52.1. The lowest BCUT2D eigenvalue weighted by atomic mass is 9.99. The molecule has 10 nitrogen and oxygen atoms in total. The SMILES string of the molecule is CCCCCCCCCCCCCCCCC/C=C\C/C=C\CCCCCCCCCCCCCCCCCCC(O)C(=O)NC(COC1OC(CO)C(O)C(O)C1O)C(O)CCCCCCCCCCCCCC. The second-order valence-electron chi connectivity index (χ2n) is 23.1. The molecule has 1 amide bonds. The van der Waals surface area contributed by atoms with Crippen molar-refractivity contribution in [2.75, 3.05) is 13.2 Å². The van der Waals surface area contributed by atoms with E-state index in [1.54, 1.807) is 0 Å². The van der Waals surface area contributed by atoms with Gasteiger partial charge in [-0.2, -0.15) is 0 Å². The summed E-state index contributed by atoms with van der Waals surface area (Å²) in [5, 5.41) is 65.2. The van der Waals surface area contributed by atoms with Gasteiger partial charge >= 0.3 is 0 Å². The Bertz CT molecular complexity index is 1250. The molecule has 1 rings (SSSR count). The van der Waals surface area contributed by atoms with Crippen molar-refractivity contribution in [1.82, 2.24) is 5.32 Å². The van der Waals surface area contributed by atoms with E-state index in [0.29, 0.717) is 12.8 Å². The largest absolute Gasteiger partial charge is 0.394 e. The van der Waals surface area contributed by atoms with Gasteiger partial charge in [0.1, 0.15) is 30.5 Å². The lowest BCUT2D eigenvalue weighted by Gasteiger charge is -2.40. The number of nitrogens with one attached hydrogen (secondary N) is 1. The molecular weight excluding hydrogens is 939 g/mol. The Morgan fingerprint density at radius 2 is 0.787 bits per heavy atom. The van der Waals surface area contributed by atoms with Crippen LogP contribution in [-0.4, -0.2) is 98.7 Å². The molecule has 0 aromatic heterocycles. The summed E-state index contributed by atoms with van der Waals surface area (Å²) in [6.45, 7) is 3.70. The molecule has 0 saturated carbocycles. The third-order valence-corrected chi connectivity index (χ3v) is 15.9. The molecule has 8 atom stereocenters. The van der Waals surface area contributed by atoms with Crippen LogP contribution in [0.4, 0.5) is 0 Å². The van der Waals surface area contributed by atoms with Gasteiger partial charge in [-0.1, -0.05) is 301 Å². The van der Waals surface area contributed by atoms with Gasteiger partial charge in [-0.05, 0) is 44.9 Å². The molecule has 75 heavy (non-hydrogen) atoms. The number of hydrogen-bond donors (Lipinski definition) is 7. The first-order valence-corrected chi connectivity index (χ1v) is 32.6. The summed E-state index contributed by atoms with van der Waals surface area (Å²) in [7, 11) is 0. The van der Waals surface area contributed by atoms with E-state index in [1.165, 1.54) is 238 Å². The number of aliphatic hydroxyl groups excluding tert-OH is 6. The topological polar surface area (TPSA) is 169 Å². The van der Waals surface area contributed by atoms with Crippen LogP contribution in [0.25, 0.3) is 0 Å². The number of unbranched alkanes of at least 4 members (excludes halogenated alkanes) is 42. The van der Waals surface area contributed by atoms with Crippen molar-refractivity contribution in [3.63, 3.8) is 0 Å². The van der Waals surface area contributed by atoms with E-state index in [1.807, 2.05) is 0 Å². The molecule has 10 heteroatoms. The van der Waals surface area contributed by atoms with Crippen LogP contribution >= 0.6 is 0 Å². The summed E-state index contributed by atoms with van der Waals surface area (Å²) in [6, 6.07) is -0.892. The molecule has 1 aliphatic rings. The number of allylic oxidation sites excluding steroid dienone is 4. The first kappa shape index (κ1) is 71.6. The van der Waals surface area contributed by atoms with E-state index in [0.717, 1.165) is 57.8 Å². The van der Waals surface area contributed by atoms with Gasteiger partial charge in [-0.15, -0.1) is 0 Å². The fourth-order valence-electron chi connectivity index (χ4n) is 10.7. The minimum atomic E-state index is -1.60. The molecule has 0 bridgehead atoms. The van der Waals surface area contributed by atoms with Crippen LogP contribution in [0, 0.1) is 0 Å². The highest BCUT2D eigenvalue weighted by molar-refractivity contribution is 5.80. The van der Waals surface area contributed by atoms with Gasteiger partial charge in [-0.3, -0.25) is 4.79 Å². The van der Waals surface area contributed by atoms with Gasteiger partial charge in [0, 0.05) is 0 Å². The van der Waals surface area contributed by atoms with E-state index in [2.05, 4.69) is 43.5 Å². The minimum absolute atomic E-state index is 0.253. The molecule has 8 unspecified atom stereocenters. The smallest absolute Gasteiger partial charge is 0.249 e. The van der Waals surface area contributed by atoms with Crippen molar-refractivity contribution in [2.45, 2.75) is 371 Å². The molecule has 0 spiro atoms. The highest BCUT2D eigenvalue weighted by atomic mass is 16.7. The standard InChI is InChI=1S/C65H125NO9/c1-3-5-7-9-11-13-15-17-18-19-20-21-22-23-24-25-26-27-28-29-30-31-32-33-34-35-36-37-38-39-40-41-42-44-46-48-50-52-54-59(69)64(73)66-57(56-74-65-63(72)62(71)61(70)60(55-67)75-65)58(68)53-51-49-47-45-43-16-14-12-10-8-6-4-2/h26-27,29-30,57-63,65,67-72H,3-25,28,31-56H2,1-2H3,(H,66,73)/b27-26-,30-29-. The van der Waals surface area contributed by atoms with Crippen LogP contribution in [0.1, 0.15) is 322 Å². The number of ether oxygens (including phenoxy) is 2. The lowest BCUT2D eigenvalue weighted by molar-refractivity contribution is -0.302. The maximum absolute atomic E-state index is 13.1. The van der Waals surface area contributed by atoms with Gasteiger partial charge in [0.2, 0.25) is 5.91 Å². The minimum Gasteiger partial charge on any atom is -0.394 e. The van der Waals surface area contributed by atoms with E-state index in [9.17, 15) is 35.4 Å². The number of carbonyl (C=O) groups excluding carboxylic acids is 1. The molecule has 444 valence electrons. The van der Waals surface area contributed by atoms with Gasteiger partial charge in [0.15, 0.2) is 6.29 Å². The quantitative estimate of drug-likeness (QED) is 0.0232. The first-order chi connectivity index (χ1) is 36.8. The van der Waals surface area contributed by atoms with Crippen LogP contribution in [0.5, 0.6) is 0 Å². The van der Waals surface area contributed by atoms with Gasteiger partial charge < -0.3 is 45.4 Å². The zero-order chi connectivity index (χ0) is 54.5. The van der Waals surface area contributed by atoms with Crippen molar-refractivity contribution in [1.29, 1.82) is 0 Å². The Balaban J connectivity index is 2.06. The summed E-state index contributed by atoms with van der Waals surface area (Å²) >= 11 is 0. The average Bonchev–Trinajstić information content (AvgIpc) is 3.41. The molecular formula is C65H125NO9. The molecule has 1 saturated heterocycles. The number of carbonyl (C=O) groups is 1. The Morgan fingerprint density at radius 1 is 0.453 bits per heavy atom. The van der Waals surface area contributed by atoms with Crippen molar-refractivity contribution in [2.24, 2.45) is 0 Å². The normalized spacial score (nSPS) is 19.4. The first-order valence-electron chi connectivity index (χ1n) is 32.6. The van der Waals surface area contributed by atoms with Crippen LogP contribution < -0.4 is 5.32 Å². The summed E-state index contributed by atoms with van der Waals surface area (Å²) in [4.78, 5) is 13.1. The van der Waals surface area contributed by atoms with Crippen molar-refractivity contribution in [3.8, 4) is 0 Å². The Labute approximate surface area is 462 Å². The van der Waals surface area contributed by atoms with E-state index < -0.39 is 61.5 Å². The molecule has 1 aliphatic heterocycles. The zero-order valence-electron chi connectivity index (χ0n) is 49.2. The summed E-state index contributed by atoms with van der Waals surface area (Å²) in [5.41, 5.74) is 0. The van der Waals surface area contributed by atoms with Crippen molar-refractivity contribution >= 4 is 5.91 Å². The van der Waals surface area contributed by atoms with E-state index in [4.69, 9.17) is 9.47 Å². The van der Waals surface area contributed by atoms with Crippen LogP contribution in [-0.2, 0) is 14.3 Å². The van der Waals surface area contributed by atoms with Crippen LogP contribution in [0.3, 0.4) is 0 Å². The summed E-state index contributed by atoms with van der Waals surface area (Å²) in [6.07, 6.45) is 60.1. The fraction of sp³-hybridized carbons (Fsp3) is 0.923. The monoisotopic (exact) mass is 1060 g/mol. The molecule has 0 aromatic rings. The fourth-order valence-corrected chi connectivity index (χ4v) is 10.7. The Hall–Kier alpha value is -1.37. The molecule has 0 aliphatic carbocycles. The predicted molar refractivity (Wildman–Crippen MR) is 315 cm³/mol. The van der Waals surface area contributed by atoms with Gasteiger partial charge in [0.05, 0.1) is 25.4 Å². The predicted octanol–water partition coefficient (Wildman–Crippen LogP) is 15.9. The summed E-state index contributed by atoms with van der Waals surface area (Å²) in [5.74, 6) is -0.580. The molecule has 7 N–H and O–H groups in total. The number of aliphatic hydroxyl groups is 6. The maximum atomic E-state index is 13.1. The third-order valence-electron chi connectivity index (χ3n) is 15.9. The maximum Gasteiger partial charge on any atom is 0.249 e. The van der Waals surface area contributed by atoms with Crippen LogP contribution in [0.2, 0.25) is 0 Å². The molecule has 0 aromatic carbocycles.